The molecule has 0 radical (unpaired) electrons. The molecule has 0 amide bonds. The van der Waals surface area contributed by atoms with Gasteiger partial charge in [0.15, 0.2) is 0 Å². The van der Waals surface area contributed by atoms with Gasteiger partial charge in [-0.3, -0.25) is 9.97 Å². The van der Waals surface area contributed by atoms with Gasteiger partial charge >= 0.3 is 0 Å². The Hall–Kier alpha value is -3.36. The number of anilines is 1. The standard InChI is InChI=1S/C22H21N5O2S/c1-14-10-18(15-6-8-24-9-7-15)19-11-16(4-5-20(19)26-14)17-12-21(22(23)25-13-17)30(28,29)27(2)3/h4-13H,1-3H3,(H2,23,25). The summed E-state index contributed by atoms with van der Waals surface area (Å²) in [6.07, 6.45) is 5.09. The van der Waals surface area contributed by atoms with E-state index in [-0.39, 0.29) is 10.7 Å². The lowest BCUT2D eigenvalue weighted by Gasteiger charge is -2.14. The highest BCUT2D eigenvalue weighted by Gasteiger charge is 2.22. The molecule has 0 aliphatic carbocycles. The first-order valence-corrected chi connectivity index (χ1v) is 10.7. The fourth-order valence-electron chi connectivity index (χ4n) is 3.32. The number of nitrogens with zero attached hydrogens (tertiary/aromatic N) is 4. The van der Waals surface area contributed by atoms with Crippen LogP contribution in [0.4, 0.5) is 5.82 Å². The zero-order valence-electron chi connectivity index (χ0n) is 16.9. The molecule has 0 fully saturated rings. The fourth-order valence-corrected chi connectivity index (χ4v) is 4.31. The Balaban J connectivity index is 1.93. The molecule has 4 aromatic rings. The molecule has 30 heavy (non-hydrogen) atoms. The summed E-state index contributed by atoms with van der Waals surface area (Å²) in [7, 11) is -0.781. The average Bonchev–Trinajstić information content (AvgIpc) is 2.73. The topological polar surface area (TPSA) is 102 Å². The van der Waals surface area contributed by atoms with E-state index in [1.165, 1.54) is 14.1 Å². The third-order valence-electron chi connectivity index (χ3n) is 4.90. The van der Waals surface area contributed by atoms with E-state index in [1.54, 1.807) is 24.7 Å². The number of aryl methyl sites for hydroxylation is 1. The van der Waals surface area contributed by atoms with Crippen molar-refractivity contribution in [1.82, 2.24) is 19.3 Å². The van der Waals surface area contributed by atoms with Crippen LogP contribution in [0.5, 0.6) is 0 Å². The first kappa shape index (κ1) is 19.9. The van der Waals surface area contributed by atoms with Gasteiger partial charge in [-0.1, -0.05) is 6.07 Å². The summed E-state index contributed by atoms with van der Waals surface area (Å²) in [6, 6.07) is 13.3. The van der Waals surface area contributed by atoms with Crippen molar-refractivity contribution in [3.8, 4) is 22.3 Å². The van der Waals surface area contributed by atoms with E-state index in [9.17, 15) is 8.42 Å². The second-order valence-corrected chi connectivity index (χ2v) is 9.29. The number of rotatable bonds is 4. The number of benzene rings is 1. The second kappa shape index (κ2) is 7.47. The molecule has 1 aromatic carbocycles. The summed E-state index contributed by atoms with van der Waals surface area (Å²) in [5.74, 6) is -0.0250. The number of aromatic nitrogens is 3. The van der Waals surface area contributed by atoms with Gasteiger partial charge in [0, 0.05) is 49.3 Å². The molecular formula is C22H21N5O2S. The highest BCUT2D eigenvalue weighted by atomic mass is 32.2. The summed E-state index contributed by atoms with van der Waals surface area (Å²) in [5.41, 5.74) is 11.2. The van der Waals surface area contributed by atoms with Gasteiger partial charge in [0.05, 0.1) is 5.52 Å². The van der Waals surface area contributed by atoms with Gasteiger partial charge in [0.25, 0.3) is 0 Å². The molecule has 0 spiro atoms. The lowest BCUT2D eigenvalue weighted by molar-refractivity contribution is 0.521. The molecular weight excluding hydrogens is 398 g/mol. The van der Waals surface area contributed by atoms with Crippen LogP contribution in [-0.4, -0.2) is 41.8 Å². The third kappa shape index (κ3) is 3.51. The first-order valence-electron chi connectivity index (χ1n) is 9.27. The number of pyridine rings is 3. The average molecular weight is 420 g/mol. The van der Waals surface area contributed by atoms with Crippen molar-refractivity contribution in [2.24, 2.45) is 0 Å². The fraction of sp³-hybridized carbons (Fsp3) is 0.136. The van der Waals surface area contributed by atoms with E-state index >= 15 is 0 Å². The van der Waals surface area contributed by atoms with Gasteiger partial charge in [-0.2, -0.15) is 0 Å². The van der Waals surface area contributed by atoms with Gasteiger partial charge in [0.2, 0.25) is 10.0 Å². The minimum Gasteiger partial charge on any atom is -0.383 e. The maximum atomic E-state index is 12.6. The largest absolute Gasteiger partial charge is 0.383 e. The maximum absolute atomic E-state index is 12.6. The van der Waals surface area contributed by atoms with Gasteiger partial charge in [-0.15, -0.1) is 0 Å². The van der Waals surface area contributed by atoms with Crippen LogP contribution in [0.15, 0.2) is 66.0 Å². The molecule has 0 atom stereocenters. The van der Waals surface area contributed by atoms with E-state index < -0.39 is 10.0 Å². The van der Waals surface area contributed by atoms with Crippen LogP contribution < -0.4 is 5.73 Å². The summed E-state index contributed by atoms with van der Waals surface area (Å²) >= 11 is 0. The first-order chi connectivity index (χ1) is 14.3. The summed E-state index contributed by atoms with van der Waals surface area (Å²) in [4.78, 5) is 12.8. The van der Waals surface area contributed by atoms with Crippen molar-refractivity contribution < 1.29 is 8.42 Å². The van der Waals surface area contributed by atoms with Gasteiger partial charge in [0.1, 0.15) is 10.7 Å². The zero-order chi connectivity index (χ0) is 21.5. The van der Waals surface area contributed by atoms with E-state index in [1.807, 2.05) is 43.3 Å². The van der Waals surface area contributed by atoms with Crippen LogP contribution in [0.1, 0.15) is 5.69 Å². The molecule has 3 aromatic heterocycles. The Morgan fingerprint density at radius 2 is 1.67 bits per heavy atom. The van der Waals surface area contributed by atoms with Crippen molar-refractivity contribution in [3.05, 3.63) is 66.7 Å². The van der Waals surface area contributed by atoms with Crippen LogP contribution in [0, 0.1) is 6.92 Å². The SMILES string of the molecule is Cc1cc(-c2ccncc2)c2cc(-c3cnc(N)c(S(=O)(=O)N(C)C)c3)ccc2n1. The van der Waals surface area contributed by atoms with Crippen molar-refractivity contribution in [3.63, 3.8) is 0 Å². The van der Waals surface area contributed by atoms with Crippen molar-refractivity contribution in [1.29, 1.82) is 0 Å². The number of hydrogen-bond donors (Lipinski definition) is 1. The van der Waals surface area contributed by atoms with Crippen molar-refractivity contribution >= 4 is 26.7 Å². The van der Waals surface area contributed by atoms with E-state index in [2.05, 4.69) is 15.0 Å². The third-order valence-corrected chi connectivity index (χ3v) is 6.75. The minimum atomic E-state index is -3.71. The van der Waals surface area contributed by atoms with Crippen LogP contribution in [-0.2, 0) is 10.0 Å². The lowest BCUT2D eigenvalue weighted by Crippen LogP contribution is -2.23. The number of nitrogens with two attached hydrogens (primary N) is 1. The molecule has 152 valence electrons. The van der Waals surface area contributed by atoms with E-state index in [0.717, 1.165) is 37.6 Å². The Morgan fingerprint density at radius 1 is 0.933 bits per heavy atom. The summed E-state index contributed by atoms with van der Waals surface area (Å²) < 4.78 is 26.4. The predicted octanol–water partition coefficient (Wildman–Crippen LogP) is 3.50. The highest BCUT2D eigenvalue weighted by molar-refractivity contribution is 7.89. The Bertz CT molecular complexity index is 1350. The van der Waals surface area contributed by atoms with E-state index in [4.69, 9.17) is 5.73 Å². The molecule has 0 bridgehead atoms. The minimum absolute atomic E-state index is 0.0125. The van der Waals surface area contributed by atoms with Crippen molar-refractivity contribution in [2.45, 2.75) is 11.8 Å². The quantitative estimate of drug-likeness (QED) is 0.543. The molecule has 0 aliphatic rings. The number of sulfonamides is 1. The van der Waals surface area contributed by atoms with E-state index in [0.29, 0.717) is 5.56 Å². The zero-order valence-corrected chi connectivity index (χ0v) is 17.7. The van der Waals surface area contributed by atoms with Gasteiger partial charge in [-0.05, 0) is 60.0 Å². The van der Waals surface area contributed by atoms with Gasteiger partial charge < -0.3 is 5.73 Å². The molecule has 0 saturated carbocycles. The molecule has 3 heterocycles. The van der Waals surface area contributed by atoms with Crippen LogP contribution in [0.3, 0.4) is 0 Å². The summed E-state index contributed by atoms with van der Waals surface area (Å²) in [5, 5.41) is 0.957. The Kier molecular flexibility index (Phi) is 4.97. The lowest BCUT2D eigenvalue weighted by atomic mass is 9.97. The number of nitrogen functional groups attached to an aromatic ring is 1. The molecule has 2 N–H and O–H groups in total. The van der Waals surface area contributed by atoms with Crippen LogP contribution >= 0.6 is 0 Å². The summed E-state index contributed by atoms with van der Waals surface area (Å²) in [6.45, 7) is 1.96. The predicted molar refractivity (Wildman–Crippen MR) is 118 cm³/mol. The maximum Gasteiger partial charge on any atom is 0.246 e. The normalized spacial score (nSPS) is 11.9. The number of fused-ring (bicyclic) bond motifs is 1. The molecule has 0 aliphatic heterocycles. The Morgan fingerprint density at radius 3 is 2.37 bits per heavy atom. The highest BCUT2D eigenvalue weighted by Crippen LogP contribution is 2.33. The monoisotopic (exact) mass is 419 g/mol. The second-order valence-electron chi connectivity index (χ2n) is 7.17. The molecule has 4 rings (SSSR count). The van der Waals surface area contributed by atoms with Crippen LogP contribution in [0.25, 0.3) is 33.2 Å². The van der Waals surface area contributed by atoms with Crippen molar-refractivity contribution in [2.75, 3.05) is 19.8 Å². The molecule has 0 unspecified atom stereocenters. The Labute approximate surface area is 175 Å². The van der Waals surface area contributed by atoms with Gasteiger partial charge in [-0.25, -0.2) is 17.7 Å². The number of hydrogen-bond acceptors (Lipinski definition) is 6. The van der Waals surface area contributed by atoms with Crippen LogP contribution in [0.2, 0.25) is 0 Å². The molecule has 0 saturated heterocycles. The molecule has 7 nitrogen and oxygen atoms in total. The molecule has 8 heteroatoms. The smallest absolute Gasteiger partial charge is 0.246 e.